The summed E-state index contributed by atoms with van der Waals surface area (Å²) in [5.41, 5.74) is 2.85. The molecule has 1 aromatic rings. The standard InChI is InChI=1S/C17H27NO3S2/c1-17(2,23-22-5)7-6-16(19)18-15-9-13(11-20-3)8-14(10-15)12-21-4/h8-10H,6-7,11-12H2,1-5H3,(H,18,19). The van der Waals surface area contributed by atoms with Crippen LogP contribution < -0.4 is 5.32 Å². The topological polar surface area (TPSA) is 47.6 Å². The second-order valence-electron chi connectivity index (χ2n) is 5.96. The molecule has 1 aromatic carbocycles. The van der Waals surface area contributed by atoms with Crippen molar-refractivity contribution >= 4 is 33.2 Å². The third-order valence-electron chi connectivity index (χ3n) is 3.22. The summed E-state index contributed by atoms with van der Waals surface area (Å²) in [5.74, 6) is 0.0395. The highest BCUT2D eigenvalue weighted by atomic mass is 33.1. The zero-order chi connectivity index (χ0) is 17.3. The predicted molar refractivity (Wildman–Crippen MR) is 101 cm³/mol. The molecule has 0 fully saturated rings. The van der Waals surface area contributed by atoms with Crippen molar-refractivity contribution in [2.75, 3.05) is 25.8 Å². The Kier molecular flexibility index (Phi) is 9.06. The van der Waals surface area contributed by atoms with Gasteiger partial charge in [-0.3, -0.25) is 4.79 Å². The van der Waals surface area contributed by atoms with Gasteiger partial charge in [0.2, 0.25) is 5.91 Å². The first kappa shape index (κ1) is 20.4. The molecule has 6 heteroatoms. The van der Waals surface area contributed by atoms with Crippen LogP contribution in [0.5, 0.6) is 0 Å². The summed E-state index contributed by atoms with van der Waals surface area (Å²) < 4.78 is 10.5. The lowest BCUT2D eigenvalue weighted by Gasteiger charge is -2.22. The molecule has 0 unspecified atom stereocenters. The lowest BCUT2D eigenvalue weighted by Crippen LogP contribution is -2.19. The Bertz CT molecular complexity index is 482. The average molecular weight is 358 g/mol. The molecule has 0 atom stereocenters. The zero-order valence-corrected chi connectivity index (χ0v) is 16.2. The van der Waals surface area contributed by atoms with Gasteiger partial charge in [-0.2, -0.15) is 0 Å². The molecule has 1 N–H and O–H groups in total. The van der Waals surface area contributed by atoms with Crippen LogP contribution in [0, 0.1) is 0 Å². The van der Waals surface area contributed by atoms with E-state index in [9.17, 15) is 4.79 Å². The van der Waals surface area contributed by atoms with Crippen LogP contribution in [0.2, 0.25) is 0 Å². The van der Waals surface area contributed by atoms with Crippen molar-refractivity contribution in [1.82, 2.24) is 0 Å². The van der Waals surface area contributed by atoms with Crippen LogP contribution in [0.15, 0.2) is 18.2 Å². The van der Waals surface area contributed by atoms with E-state index < -0.39 is 0 Å². The molecule has 0 saturated carbocycles. The smallest absolute Gasteiger partial charge is 0.224 e. The van der Waals surface area contributed by atoms with E-state index in [0.717, 1.165) is 23.2 Å². The van der Waals surface area contributed by atoms with Crippen LogP contribution in [0.1, 0.15) is 37.8 Å². The summed E-state index contributed by atoms with van der Waals surface area (Å²) in [6, 6.07) is 5.92. The van der Waals surface area contributed by atoms with E-state index in [0.29, 0.717) is 19.6 Å². The molecular formula is C17H27NO3S2. The van der Waals surface area contributed by atoms with Crippen LogP contribution >= 0.6 is 21.6 Å². The van der Waals surface area contributed by atoms with Gasteiger partial charge in [0.05, 0.1) is 13.2 Å². The molecule has 0 saturated heterocycles. The fourth-order valence-electron chi connectivity index (χ4n) is 2.24. The number of rotatable bonds is 10. The molecule has 0 aliphatic heterocycles. The second-order valence-corrected chi connectivity index (χ2v) is 9.07. The van der Waals surface area contributed by atoms with Gasteiger partial charge in [-0.05, 0) is 49.8 Å². The number of nitrogens with one attached hydrogen (secondary N) is 1. The number of ether oxygens (including phenoxy) is 2. The zero-order valence-electron chi connectivity index (χ0n) is 14.6. The Hall–Kier alpha value is -0.690. The van der Waals surface area contributed by atoms with Gasteiger partial charge < -0.3 is 14.8 Å². The molecule has 0 aliphatic carbocycles. The normalized spacial score (nSPS) is 11.5. The van der Waals surface area contributed by atoms with Gasteiger partial charge in [-0.1, -0.05) is 27.7 Å². The van der Waals surface area contributed by atoms with E-state index in [1.165, 1.54) is 0 Å². The minimum Gasteiger partial charge on any atom is -0.380 e. The number of carbonyl (C=O) groups is 1. The molecule has 4 nitrogen and oxygen atoms in total. The van der Waals surface area contributed by atoms with Gasteiger partial charge in [0.1, 0.15) is 0 Å². The molecule has 0 radical (unpaired) electrons. The van der Waals surface area contributed by atoms with Crippen molar-refractivity contribution in [3.05, 3.63) is 29.3 Å². The van der Waals surface area contributed by atoms with E-state index in [1.807, 2.05) is 18.2 Å². The van der Waals surface area contributed by atoms with E-state index in [2.05, 4.69) is 25.4 Å². The van der Waals surface area contributed by atoms with Crippen molar-refractivity contribution in [2.45, 2.75) is 44.6 Å². The number of anilines is 1. The Balaban J connectivity index is 2.69. The first-order valence-electron chi connectivity index (χ1n) is 7.52. The number of carbonyl (C=O) groups excluding carboxylic acids is 1. The Morgan fingerprint density at radius 2 is 1.70 bits per heavy atom. The van der Waals surface area contributed by atoms with E-state index in [1.54, 1.807) is 35.8 Å². The maximum atomic E-state index is 12.2. The van der Waals surface area contributed by atoms with Gasteiger partial charge in [0.25, 0.3) is 0 Å². The Labute approximate surface area is 147 Å². The highest BCUT2D eigenvalue weighted by Gasteiger charge is 2.19. The number of methoxy groups -OCH3 is 2. The SMILES string of the molecule is COCc1cc(COC)cc(NC(=O)CCC(C)(C)SSC)c1. The fourth-order valence-corrected chi connectivity index (χ4v) is 4.48. The van der Waals surface area contributed by atoms with Gasteiger partial charge in [-0.15, -0.1) is 0 Å². The molecule has 1 amide bonds. The lowest BCUT2D eigenvalue weighted by molar-refractivity contribution is -0.116. The quantitative estimate of drug-likeness (QED) is 0.625. The minimum absolute atomic E-state index is 0.0395. The van der Waals surface area contributed by atoms with E-state index >= 15 is 0 Å². The van der Waals surface area contributed by atoms with Crippen molar-refractivity contribution in [3.63, 3.8) is 0 Å². The minimum atomic E-state index is 0.0395. The molecule has 23 heavy (non-hydrogen) atoms. The molecule has 1 rings (SSSR count). The number of hydrogen-bond donors (Lipinski definition) is 1. The van der Waals surface area contributed by atoms with Crippen molar-refractivity contribution in [2.24, 2.45) is 0 Å². The highest BCUT2D eigenvalue weighted by Crippen LogP contribution is 2.37. The Morgan fingerprint density at radius 1 is 1.13 bits per heavy atom. The third-order valence-corrected chi connectivity index (χ3v) is 5.90. The van der Waals surface area contributed by atoms with E-state index in [-0.39, 0.29) is 10.7 Å². The number of amides is 1. The van der Waals surface area contributed by atoms with Crippen LogP contribution in [0.4, 0.5) is 5.69 Å². The lowest BCUT2D eigenvalue weighted by atomic mass is 10.1. The maximum Gasteiger partial charge on any atom is 0.224 e. The molecule has 0 heterocycles. The van der Waals surface area contributed by atoms with Gasteiger partial charge in [-0.25, -0.2) is 0 Å². The van der Waals surface area contributed by atoms with Crippen LogP contribution in [0.3, 0.4) is 0 Å². The van der Waals surface area contributed by atoms with Crippen molar-refractivity contribution in [1.29, 1.82) is 0 Å². The van der Waals surface area contributed by atoms with Crippen molar-refractivity contribution in [3.8, 4) is 0 Å². The summed E-state index contributed by atoms with van der Waals surface area (Å²) in [6.07, 6.45) is 3.41. The molecule has 0 aliphatic rings. The van der Waals surface area contributed by atoms with E-state index in [4.69, 9.17) is 9.47 Å². The molecule has 0 spiro atoms. The molecule has 0 aromatic heterocycles. The second kappa shape index (κ2) is 10.2. The number of benzene rings is 1. The van der Waals surface area contributed by atoms with Crippen LogP contribution in [-0.4, -0.2) is 31.1 Å². The monoisotopic (exact) mass is 357 g/mol. The van der Waals surface area contributed by atoms with Gasteiger partial charge >= 0.3 is 0 Å². The first-order chi connectivity index (χ1) is 10.9. The fraction of sp³-hybridized carbons (Fsp3) is 0.588. The van der Waals surface area contributed by atoms with Crippen LogP contribution in [-0.2, 0) is 27.5 Å². The third kappa shape index (κ3) is 8.11. The molecule has 0 bridgehead atoms. The highest BCUT2D eigenvalue weighted by molar-refractivity contribution is 8.76. The summed E-state index contributed by atoms with van der Waals surface area (Å²) in [4.78, 5) is 12.2. The Morgan fingerprint density at radius 3 is 2.17 bits per heavy atom. The van der Waals surface area contributed by atoms with Crippen molar-refractivity contribution < 1.29 is 14.3 Å². The summed E-state index contributed by atoms with van der Waals surface area (Å²) in [6.45, 7) is 5.35. The first-order valence-corrected chi connectivity index (χ1v) is 10.1. The number of hydrogen-bond acceptors (Lipinski definition) is 5. The van der Waals surface area contributed by atoms with Gasteiger partial charge in [0.15, 0.2) is 0 Å². The summed E-state index contributed by atoms with van der Waals surface area (Å²) in [7, 11) is 6.86. The molecule has 130 valence electrons. The summed E-state index contributed by atoms with van der Waals surface area (Å²) >= 11 is 0. The largest absolute Gasteiger partial charge is 0.380 e. The predicted octanol–water partition coefficient (Wildman–Crippen LogP) is 4.49. The van der Waals surface area contributed by atoms with Crippen LogP contribution in [0.25, 0.3) is 0 Å². The summed E-state index contributed by atoms with van der Waals surface area (Å²) in [5, 5.41) is 2.99. The molecular weight excluding hydrogens is 330 g/mol. The average Bonchev–Trinajstić information content (AvgIpc) is 2.46. The van der Waals surface area contributed by atoms with Gasteiger partial charge in [0, 0.05) is 31.1 Å². The maximum absolute atomic E-state index is 12.2.